The number of rotatable bonds is 5. The maximum Gasteiger partial charge on any atom is 0.237 e. The van der Waals surface area contributed by atoms with Crippen molar-refractivity contribution in [2.24, 2.45) is 11.7 Å². The number of hydrogen-bond acceptors (Lipinski definition) is 3. The summed E-state index contributed by atoms with van der Waals surface area (Å²) in [4.78, 5) is 25.7. The predicted octanol–water partition coefficient (Wildman–Crippen LogP) is 0.631. The average Bonchev–Trinajstić information content (AvgIpc) is 3.23. The number of carbonyl (C=O) groups excluding carboxylic acids is 2. The third-order valence-electron chi connectivity index (χ3n) is 4.02. The van der Waals surface area contributed by atoms with Gasteiger partial charge in [0.15, 0.2) is 0 Å². The summed E-state index contributed by atoms with van der Waals surface area (Å²) in [6.45, 7) is 3.56. The zero-order chi connectivity index (χ0) is 13.8. The number of nitrogens with two attached hydrogens (primary N) is 1. The lowest BCUT2D eigenvalue weighted by Crippen LogP contribution is -2.50. The summed E-state index contributed by atoms with van der Waals surface area (Å²) < 4.78 is 0. The first-order valence-electron chi connectivity index (χ1n) is 7.46. The molecule has 0 aromatic rings. The van der Waals surface area contributed by atoms with E-state index in [1.807, 2.05) is 11.8 Å². The van der Waals surface area contributed by atoms with Crippen molar-refractivity contribution in [3.05, 3.63) is 0 Å². The van der Waals surface area contributed by atoms with Gasteiger partial charge in [-0.3, -0.25) is 9.59 Å². The second-order valence-corrected chi connectivity index (χ2v) is 5.78. The molecule has 0 bridgehead atoms. The van der Waals surface area contributed by atoms with Crippen LogP contribution in [0.15, 0.2) is 0 Å². The molecule has 1 saturated heterocycles. The van der Waals surface area contributed by atoms with Crippen molar-refractivity contribution in [3.63, 3.8) is 0 Å². The van der Waals surface area contributed by atoms with Gasteiger partial charge in [0, 0.05) is 25.0 Å². The SMILES string of the molecule is CCC[C@H](N)C(=O)NC1CCN(C(=O)C2CC2)CC1. The van der Waals surface area contributed by atoms with E-state index in [-0.39, 0.29) is 11.9 Å². The molecule has 0 aromatic carbocycles. The van der Waals surface area contributed by atoms with Gasteiger partial charge in [0.2, 0.25) is 11.8 Å². The molecule has 1 saturated carbocycles. The Morgan fingerprint density at radius 1 is 1.26 bits per heavy atom. The van der Waals surface area contributed by atoms with Crippen LogP contribution in [0.3, 0.4) is 0 Å². The molecule has 5 heteroatoms. The van der Waals surface area contributed by atoms with Crippen LogP contribution >= 0.6 is 0 Å². The third kappa shape index (κ3) is 3.93. The molecule has 2 aliphatic rings. The molecule has 2 rings (SSSR count). The smallest absolute Gasteiger partial charge is 0.237 e. The van der Waals surface area contributed by atoms with Crippen molar-refractivity contribution in [1.82, 2.24) is 10.2 Å². The Labute approximate surface area is 114 Å². The first-order chi connectivity index (χ1) is 9.11. The van der Waals surface area contributed by atoms with E-state index in [2.05, 4.69) is 5.32 Å². The van der Waals surface area contributed by atoms with Crippen molar-refractivity contribution in [3.8, 4) is 0 Å². The van der Waals surface area contributed by atoms with Gasteiger partial charge in [-0.2, -0.15) is 0 Å². The van der Waals surface area contributed by atoms with E-state index >= 15 is 0 Å². The molecule has 2 amide bonds. The van der Waals surface area contributed by atoms with Gasteiger partial charge in [0.25, 0.3) is 0 Å². The van der Waals surface area contributed by atoms with E-state index in [1.54, 1.807) is 0 Å². The lowest BCUT2D eigenvalue weighted by atomic mass is 10.0. The molecule has 0 radical (unpaired) electrons. The molecule has 0 unspecified atom stereocenters. The van der Waals surface area contributed by atoms with Crippen LogP contribution in [0.4, 0.5) is 0 Å². The largest absolute Gasteiger partial charge is 0.352 e. The highest BCUT2D eigenvalue weighted by molar-refractivity contribution is 5.82. The number of likely N-dealkylation sites (tertiary alicyclic amines) is 1. The Kier molecular flexibility index (Phi) is 4.80. The van der Waals surface area contributed by atoms with Gasteiger partial charge in [0.05, 0.1) is 6.04 Å². The number of hydrogen-bond donors (Lipinski definition) is 2. The van der Waals surface area contributed by atoms with Crippen LogP contribution in [-0.2, 0) is 9.59 Å². The molecule has 2 fully saturated rings. The van der Waals surface area contributed by atoms with Gasteiger partial charge in [-0.15, -0.1) is 0 Å². The molecule has 3 N–H and O–H groups in total. The van der Waals surface area contributed by atoms with E-state index in [4.69, 9.17) is 5.73 Å². The quantitative estimate of drug-likeness (QED) is 0.767. The highest BCUT2D eigenvalue weighted by Gasteiger charge is 2.35. The number of piperidine rings is 1. The van der Waals surface area contributed by atoms with Crippen molar-refractivity contribution in [2.45, 2.75) is 57.5 Å². The van der Waals surface area contributed by atoms with Crippen molar-refractivity contribution in [1.29, 1.82) is 0 Å². The lowest BCUT2D eigenvalue weighted by molar-refractivity contribution is -0.133. The molecule has 108 valence electrons. The molecule has 1 aliphatic heterocycles. The summed E-state index contributed by atoms with van der Waals surface area (Å²) in [6.07, 6.45) is 5.46. The molecule has 0 aromatic heterocycles. The predicted molar refractivity (Wildman–Crippen MR) is 73.4 cm³/mol. The van der Waals surface area contributed by atoms with Crippen LogP contribution in [0.2, 0.25) is 0 Å². The molecule has 19 heavy (non-hydrogen) atoms. The van der Waals surface area contributed by atoms with Crippen molar-refractivity contribution < 1.29 is 9.59 Å². The molecule has 1 aliphatic carbocycles. The lowest BCUT2D eigenvalue weighted by Gasteiger charge is -2.33. The monoisotopic (exact) mass is 267 g/mol. The minimum absolute atomic E-state index is 0.0474. The Bertz CT molecular complexity index is 334. The molecular formula is C14H25N3O2. The highest BCUT2D eigenvalue weighted by Crippen LogP contribution is 2.31. The van der Waals surface area contributed by atoms with Gasteiger partial charge >= 0.3 is 0 Å². The standard InChI is InChI=1S/C14H25N3O2/c1-2-3-12(15)13(18)16-11-6-8-17(9-7-11)14(19)10-4-5-10/h10-12H,2-9,15H2,1H3,(H,16,18)/t12-/m0/s1. The summed E-state index contributed by atoms with van der Waals surface area (Å²) >= 11 is 0. The summed E-state index contributed by atoms with van der Waals surface area (Å²) in [7, 11) is 0. The Morgan fingerprint density at radius 2 is 1.89 bits per heavy atom. The topological polar surface area (TPSA) is 75.4 Å². The molecule has 1 heterocycles. The summed E-state index contributed by atoms with van der Waals surface area (Å²) in [5, 5.41) is 3.01. The van der Waals surface area contributed by atoms with E-state index in [0.717, 1.165) is 51.6 Å². The van der Waals surface area contributed by atoms with Gasteiger partial charge in [0.1, 0.15) is 0 Å². The summed E-state index contributed by atoms with van der Waals surface area (Å²) in [5.41, 5.74) is 5.79. The van der Waals surface area contributed by atoms with Crippen LogP contribution < -0.4 is 11.1 Å². The fourth-order valence-electron chi connectivity index (χ4n) is 2.58. The fraction of sp³-hybridized carbons (Fsp3) is 0.857. The van der Waals surface area contributed by atoms with Crippen LogP contribution in [0.1, 0.15) is 45.4 Å². The Hall–Kier alpha value is -1.10. The van der Waals surface area contributed by atoms with Gasteiger partial charge in [-0.25, -0.2) is 0 Å². The first kappa shape index (κ1) is 14.3. The van der Waals surface area contributed by atoms with Crippen molar-refractivity contribution in [2.75, 3.05) is 13.1 Å². The molecule has 5 nitrogen and oxygen atoms in total. The van der Waals surface area contributed by atoms with Crippen molar-refractivity contribution >= 4 is 11.8 Å². The minimum atomic E-state index is -0.392. The first-order valence-corrected chi connectivity index (χ1v) is 7.46. The van der Waals surface area contributed by atoms with Gasteiger partial charge in [-0.1, -0.05) is 13.3 Å². The van der Waals surface area contributed by atoms with Crippen LogP contribution in [0.25, 0.3) is 0 Å². The Morgan fingerprint density at radius 3 is 2.42 bits per heavy atom. The summed E-state index contributed by atoms with van der Waals surface area (Å²) in [5.74, 6) is 0.561. The fourth-order valence-corrected chi connectivity index (χ4v) is 2.58. The maximum atomic E-state index is 11.9. The van der Waals surface area contributed by atoms with Crippen LogP contribution in [0, 0.1) is 5.92 Å². The number of nitrogens with one attached hydrogen (secondary N) is 1. The van der Waals surface area contributed by atoms with E-state index < -0.39 is 6.04 Å². The zero-order valence-corrected chi connectivity index (χ0v) is 11.7. The van der Waals surface area contributed by atoms with Gasteiger partial charge < -0.3 is 16.0 Å². The maximum absolute atomic E-state index is 11.9. The highest BCUT2D eigenvalue weighted by atomic mass is 16.2. The van der Waals surface area contributed by atoms with Crippen LogP contribution in [0.5, 0.6) is 0 Å². The second kappa shape index (κ2) is 6.37. The second-order valence-electron chi connectivity index (χ2n) is 5.78. The third-order valence-corrected chi connectivity index (χ3v) is 4.02. The van der Waals surface area contributed by atoms with E-state index in [1.165, 1.54) is 0 Å². The molecule has 0 spiro atoms. The number of nitrogens with zero attached hydrogens (tertiary/aromatic N) is 1. The average molecular weight is 267 g/mol. The van der Waals surface area contributed by atoms with Gasteiger partial charge in [-0.05, 0) is 32.1 Å². The van der Waals surface area contributed by atoms with E-state index in [9.17, 15) is 9.59 Å². The number of carbonyl (C=O) groups is 2. The normalized spacial score (nSPS) is 22.1. The summed E-state index contributed by atoms with van der Waals surface area (Å²) in [6, 6.07) is -0.213. The Balaban J connectivity index is 1.70. The molecular weight excluding hydrogens is 242 g/mol. The van der Waals surface area contributed by atoms with E-state index in [0.29, 0.717) is 11.8 Å². The number of amides is 2. The van der Waals surface area contributed by atoms with Crippen LogP contribution in [-0.4, -0.2) is 41.9 Å². The minimum Gasteiger partial charge on any atom is -0.352 e. The zero-order valence-electron chi connectivity index (χ0n) is 11.7. The molecule has 1 atom stereocenters.